The van der Waals surface area contributed by atoms with E-state index in [2.05, 4.69) is 5.32 Å². The van der Waals surface area contributed by atoms with Gasteiger partial charge in [-0.15, -0.1) is 0 Å². The summed E-state index contributed by atoms with van der Waals surface area (Å²) in [6.07, 6.45) is 0. The molecule has 2 aromatic carbocycles. The van der Waals surface area contributed by atoms with Gasteiger partial charge in [0.15, 0.2) is 6.61 Å². The van der Waals surface area contributed by atoms with Crippen LogP contribution in [0.2, 0.25) is 0 Å². The molecule has 0 saturated heterocycles. The third-order valence-electron chi connectivity index (χ3n) is 4.73. The molecule has 6 heteroatoms. The summed E-state index contributed by atoms with van der Waals surface area (Å²) in [5, 5.41) is 2.70. The molecule has 0 aliphatic carbocycles. The van der Waals surface area contributed by atoms with Crippen molar-refractivity contribution in [2.75, 3.05) is 11.9 Å². The average Bonchev–Trinajstić information content (AvgIpc) is 2.87. The largest absolute Gasteiger partial charge is 0.483 e. The second-order valence-corrected chi connectivity index (χ2v) is 6.47. The Morgan fingerprint density at radius 1 is 1.04 bits per heavy atom. The topological polar surface area (TPSA) is 65.3 Å². The summed E-state index contributed by atoms with van der Waals surface area (Å²) >= 11 is 0. The molecule has 0 spiro atoms. The first-order valence-electron chi connectivity index (χ1n) is 8.73. The molecule has 0 fully saturated rings. The molecule has 0 radical (unpaired) electrons. The number of nitrogens with one attached hydrogen (secondary N) is 1. The van der Waals surface area contributed by atoms with Gasteiger partial charge in [0.05, 0.1) is 11.4 Å². The van der Waals surface area contributed by atoms with Crippen molar-refractivity contribution in [2.45, 2.75) is 20.8 Å². The highest BCUT2D eigenvalue weighted by Crippen LogP contribution is 2.20. The molecule has 0 aliphatic heterocycles. The van der Waals surface area contributed by atoms with Crippen LogP contribution in [0, 0.1) is 20.8 Å². The van der Waals surface area contributed by atoms with Crippen LogP contribution in [0.5, 0.6) is 5.75 Å². The van der Waals surface area contributed by atoms with Crippen LogP contribution in [-0.2, 0) is 11.8 Å². The number of ether oxygens (including phenoxy) is 1. The van der Waals surface area contributed by atoms with Crippen LogP contribution < -0.4 is 15.6 Å². The second kappa shape index (κ2) is 7.53. The first kappa shape index (κ1) is 18.5. The molecule has 0 saturated carbocycles. The lowest BCUT2D eigenvalue weighted by Gasteiger charge is -2.10. The van der Waals surface area contributed by atoms with Crippen molar-refractivity contribution in [3.8, 4) is 11.4 Å². The second-order valence-electron chi connectivity index (χ2n) is 6.47. The van der Waals surface area contributed by atoms with Gasteiger partial charge in [0, 0.05) is 7.05 Å². The Labute approximate surface area is 158 Å². The summed E-state index contributed by atoms with van der Waals surface area (Å²) in [5.74, 6) is 0.290. The van der Waals surface area contributed by atoms with Crippen molar-refractivity contribution in [1.82, 2.24) is 9.36 Å². The lowest BCUT2D eigenvalue weighted by molar-refractivity contribution is -0.118. The number of amides is 1. The molecule has 1 amide bonds. The van der Waals surface area contributed by atoms with Gasteiger partial charge in [-0.05, 0) is 50.1 Å². The predicted octanol–water partition coefficient (Wildman–Crippen LogP) is 3.12. The van der Waals surface area contributed by atoms with Gasteiger partial charge in [0.1, 0.15) is 11.4 Å². The van der Waals surface area contributed by atoms with Crippen LogP contribution >= 0.6 is 0 Å². The zero-order valence-electron chi connectivity index (χ0n) is 15.9. The van der Waals surface area contributed by atoms with Gasteiger partial charge in [0.25, 0.3) is 11.5 Å². The number of carbonyl (C=O) groups is 1. The Bertz CT molecular complexity index is 1030. The molecule has 3 rings (SSSR count). The minimum Gasteiger partial charge on any atom is -0.483 e. The van der Waals surface area contributed by atoms with E-state index in [0.29, 0.717) is 11.4 Å². The summed E-state index contributed by atoms with van der Waals surface area (Å²) in [6.45, 7) is 5.56. The molecule has 3 aromatic rings. The monoisotopic (exact) mass is 365 g/mol. The maximum atomic E-state index is 12.8. The molecule has 0 unspecified atom stereocenters. The van der Waals surface area contributed by atoms with Crippen LogP contribution in [0.1, 0.15) is 16.8 Å². The summed E-state index contributed by atoms with van der Waals surface area (Å²) in [7, 11) is 1.78. The Morgan fingerprint density at radius 3 is 2.44 bits per heavy atom. The fraction of sp³-hybridized carbons (Fsp3) is 0.238. The minimum absolute atomic E-state index is 0.163. The number of carbonyl (C=O) groups excluding carboxylic acids is 1. The number of hydrogen-bond acceptors (Lipinski definition) is 3. The standard InChI is InChI=1S/C21H23N3O3/c1-14-9-8-12-18(15(14)2)27-13-19(25)22-20-16(3)23(4)24(21(20)26)17-10-6-5-7-11-17/h5-12H,13H2,1-4H3,(H,22,25). The molecule has 27 heavy (non-hydrogen) atoms. The number of aromatic nitrogens is 2. The van der Waals surface area contributed by atoms with Crippen molar-refractivity contribution in [1.29, 1.82) is 0 Å². The lowest BCUT2D eigenvalue weighted by Crippen LogP contribution is -2.25. The maximum Gasteiger partial charge on any atom is 0.295 e. The molecular weight excluding hydrogens is 342 g/mol. The Morgan fingerprint density at radius 2 is 1.74 bits per heavy atom. The molecule has 1 N–H and O–H groups in total. The van der Waals surface area contributed by atoms with E-state index in [1.54, 1.807) is 18.7 Å². The molecule has 0 atom stereocenters. The lowest BCUT2D eigenvalue weighted by atomic mass is 10.1. The van der Waals surface area contributed by atoms with E-state index in [4.69, 9.17) is 4.74 Å². The van der Waals surface area contributed by atoms with E-state index in [9.17, 15) is 9.59 Å². The molecule has 1 heterocycles. The number of benzene rings is 2. The smallest absolute Gasteiger partial charge is 0.295 e. The van der Waals surface area contributed by atoms with Crippen molar-refractivity contribution in [3.63, 3.8) is 0 Å². The molecule has 0 aliphatic rings. The number of anilines is 1. The molecule has 0 bridgehead atoms. The molecule has 1 aromatic heterocycles. The van der Waals surface area contributed by atoms with E-state index in [1.807, 2.05) is 62.4 Å². The van der Waals surface area contributed by atoms with Crippen LogP contribution in [0.3, 0.4) is 0 Å². The summed E-state index contributed by atoms with van der Waals surface area (Å²) in [5.41, 5.74) is 3.48. The first-order chi connectivity index (χ1) is 12.9. The number of nitrogens with zero attached hydrogens (tertiary/aromatic N) is 2. The van der Waals surface area contributed by atoms with Crippen LogP contribution in [0.25, 0.3) is 5.69 Å². The van der Waals surface area contributed by atoms with Gasteiger partial charge in [0.2, 0.25) is 0 Å². The molecular formula is C21H23N3O3. The van der Waals surface area contributed by atoms with Crippen molar-refractivity contribution in [2.24, 2.45) is 7.05 Å². The van der Waals surface area contributed by atoms with Gasteiger partial charge in [-0.25, -0.2) is 4.68 Å². The number of hydrogen-bond donors (Lipinski definition) is 1. The zero-order chi connectivity index (χ0) is 19.6. The van der Waals surface area contributed by atoms with Crippen molar-refractivity contribution < 1.29 is 9.53 Å². The normalized spacial score (nSPS) is 10.7. The minimum atomic E-state index is -0.373. The number of aryl methyl sites for hydroxylation is 1. The van der Waals surface area contributed by atoms with Gasteiger partial charge < -0.3 is 10.1 Å². The Balaban J connectivity index is 1.79. The van der Waals surface area contributed by atoms with E-state index in [0.717, 1.165) is 16.8 Å². The maximum absolute atomic E-state index is 12.8. The highest BCUT2D eigenvalue weighted by molar-refractivity contribution is 5.92. The van der Waals surface area contributed by atoms with Gasteiger partial charge >= 0.3 is 0 Å². The summed E-state index contributed by atoms with van der Waals surface area (Å²) < 4.78 is 8.87. The number of para-hydroxylation sites is 1. The van der Waals surface area contributed by atoms with E-state index < -0.39 is 0 Å². The number of rotatable bonds is 5. The summed E-state index contributed by atoms with van der Waals surface area (Å²) in [4.78, 5) is 25.2. The van der Waals surface area contributed by atoms with Gasteiger partial charge in [-0.3, -0.25) is 14.3 Å². The van der Waals surface area contributed by atoms with Crippen molar-refractivity contribution in [3.05, 3.63) is 75.7 Å². The van der Waals surface area contributed by atoms with Gasteiger partial charge in [-0.1, -0.05) is 30.3 Å². The highest BCUT2D eigenvalue weighted by Gasteiger charge is 2.18. The van der Waals surface area contributed by atoms with Crippen LogP contribution in [0.15, 0.2) is 53.3 Å². The fourth-order valence-corrected chi connectivity index (χ4v) is 2.91. The Hall–Kier alpha value is -3.28. The van der Waals surface area contributed by atoms with E-state index in [1.165, 1.54) is 4.68 Å². The first-order valence-corrected chi connectivity index (χ1v) is 8.73. The van der Waals surface area contributed by atoms with Crippen LogP contribution in [-0.4, -0.2) is 21.9 Å². The third-order valence-corrected chi connectivity index (χ3v) is 4.73. The average molecular weight is 365 g/mol. The van der Waals surface area contributed by atoms with Crippen LogP contribution in [0.4, 0.5) is 5.69 Å². The summed E-state index contributed by atoms with van der Waals surface area (Å²) in [6, 6.07) is 15.0. The van der Waals surface area contributed by atoms with E-state index in [-0.39, 0.29) is 23.8 Å². The SMILES string of the molecule is Cc1cccc(OCC(=O)Nc2c(C)n(C)n(-c3ccccc3)c2=O)c1C. The highest BCUT2D eigenvalue weighted by atomic mass is 16.5. The van der Waals surface area contributed by atoms with Crippen molar-refractivity contribution >= 4 is 11.6 Å². The fourth-order valence-electron chi connectivity index (χ4n) is 2.91. The van der Waals surface area contributed by atoms with E-state index >= 15 is 0 Å². The van der Waals surface area contributed by atoms with Gasteiger partial charge in [-0.2, -0.15) is 0 Å². The Kier molecular flexibility index (Phi) is 5.16. The third kappa shape index (κ3) is 3.65. The molecule has 140 valence electrons. The quantitative estimate of drug-likeness (QED) is 0.755. The predicted molar refractivity (Wildman–Crippen MR) is 106 cm³/mol. The zero-order valence-corrected chi connectivity index (χ0v) is 15.9. The molecule has 6 nitrogen and oxygen atoms in total.